The lowest BCUT2D eigenvalue weighted by molar-refractivity contribution is -0.0503. The fourth-order valence-electron chi connectivity index (χ4n) is 8.97. The summed E-state index contributed by atoms with van der Waals surface area (Å²) in [5.41, 5.74) is 4.16. The minimum atomic E-state index is -0.134. The topological polar surface area (TPSA) is 101 Å². The van der Waals surface area contributed by atoms with Crippen molar-refractivity contribution in [3.05, 3.63) is 65.6 Å². The van der Waals surface area contributed by atoms with Gasteiger partial charge in [-0.3, -0.25) is 14.6 Å². The van der Waals surface area contributed by atoms with Crippen LogP contribution in [0, 0.1) is 23.2 Å². The summed E-state index contributed by atoms with van der Waals surface area (Å²) in [7, 11) is 0. The van der Waals surface area contributed by atoms with Crippen molar-refractivity contribution in [1.82, 2.24) is 25.4 Å². The summed E-state index contributed by atoms with van der Waals surface area (Å²) in [6.45, 7) is 12.2. The van der Waals surface area contributed by atoms with E-state index < -0.39 is 0 Å². The van der Waals surface area contributed by atoms with E-state index in [1.54, 1.807) is 12.3 Å². The highest BCUT2D eigenvalue weighted by Crippen LogP contribution is 2.59. The number of nitrogens with zero attached hydrogens (tertiary/aromatic N) is 5. The highest BCUT2D eigenvalue weighted by atomic mass is 16.5. The van der Waals surface area contributed by atoms with Crippen LogP contribution in [0.1, 0.15) is 92.6 Å². The summed E-state index contributed by atoms with van der Waals surface area (Å²) in [4.78, 5) is 35.3. The van der Waals surface area contributed by atoms with Crippen LogP contribution in [0.2, 0.25) is 0 Å². The maximum Gasteiger partial charge on any atom is 0.271 e. The molecule has 4 bridgehead atoms. The molecule has 0 atom stereocenters. The van der Waals surface area contributed by atoms with Gasteiger partial charge in [0.1, 0.15) is 5.75 Å². The average molecular weight is 637 g/mol. The van der Waals surface area contributed by atoms with E-state index in [-0.39, 0.29) is 22.6 Å². The van der Waals surface area contributed by atoms with Gasteiger partial charge in [-0.25, -0.2) is 0 Å². The Morgan fingerprint density at radius 1 is 0.894 bits per heavy atom. The smallest absolute Gasteiger partial charge is 0.271 e. The van der Waals surface area contributed by atoms with E-state index in [9.17, 15) is 9.59 Å². The molecule has 1 aromatic carbocycles. The highest BCUT2D eigenvalue weighted by Gasteiger charge is 2.50. The molecule has 9 heteroatoms. The number of benzene rings is 1. The molecule has 5 aliphatic rings. The molecule has 1 N–H and O–H groups in total. The maximum atomic E-state index is 13.9. The first-order valence-electron chi connectivity index (χ1n) is 17.5. The summed E-state index contributed by atoms with van der Waals surface area (Å²) < 4.78 is 5.68. The number of piperazine rings is 1. The predicted octanol–water partition coefficient (Wildman–Crippen LogP) is 6.14. The van der Waals surface area contributed by atoms with Crippen LogP contribution in [0.5, 0.6) is 5.75 Å². The van der Waals surface area contributed by atoms with Gasteiger partial charge in [0.05, 0.1) is 12.8 Å². The fraction of sp³-hybridized carbons (Fsp3) is 0.553. The first-order chi connectivity index (χ1) is 22.6. The molecule has 248 valence electrons. The number of rotatable bonds is 8. The Hall–Kier alpha value is -4.01. The number of amides is 2. The molecule has 9 nitrogen and oxygen atoms in total. The van der Waals surface area contributed by atoms with Gasteiger partial charge in [0.2, 0.25) is 0 Å². The normalized spacial score (nSPS) is 25.1. The quantitative estimate of drug-likeness (QED) is 0.317. The van der Waals surface area contributed by atoms with Crippen LogP contribution in [0.4, 0.5) is 5.82 Å². The molecule has 8 rings (SSSR count). The van der Waals surface area contributed by atoms with E-state index in [0.717, 1.165) is 46.8 Å². The van der Waals surface area contributed by atoms with E-state index in [1.165, 1.54) is 38.5 Å². The zero-order valence-corrected chi connectivity index (χ0v) is 28.3. The van der Waals surface area contributed by atoms with Gasteiger partial charge in [0.25, 0.3) is 11.8 Å². The number of hydrogen-bond acceptors (Lipinski definition) is 7. The lowest BCUT2D eigenvalue weighted by Crippen LogP contribution is -2.51. The van der Waals surface area contributed by atoms with Gasteiger partial charge in [-0.05, 0) is 115 Å². The summed E-state index contributed by atoms with van der Waals surface area (Å²) >= 11 is 0. The Morgan fingerprint density at radius 2 is 1.60 bits per heavy atom. The average Bonchev–Trinajstić information content (AvgIpc) is 3.06. The lowest BCUT2D eigenvalue weighted by atomic mass is 9.49. The Morgan fingerprint density at radius 3 is 2.21 bits per heavy atom. The van der Waals surface area contributed by atoms with Crippen molar-refractivity contribution in [2.45, 2.75) is 71.6 Å². The minimum Gasteiger partial charge on any atom is -0.492 e. The summed E-state index contributed by atoms with van der Waals surface area (Å²) in [5.74, 6) is 3.91. The van der Waals surface area contributed by atoms with E-state index in [2.05, 4.69) is 52.2 Å². The molecule has 4 aliphatic carbocycles. The van der Waals surface area contributed by atoms with Gasteiger partial charge in [-0.1, -0.05) is 26.8 Å². The molecule has 47 heavy (non-hydrogen) atoms. The van der Waals surface area contributed by atoms with Crippen molar-refractivity contribution in [2.24, 2.45) is 23.2 Å². The van der Waals surface area contributed by atoms with Crippen molar-refractivity contribution in [3.63, 3.8) is 0 Å². The molecular weight excluding hydrogens is 588 g/mol. The Labute approximate surface area is 278 Å². The summed E-state index contributed by atoms with van der Waals surface area (Å²) in [6, 6.07) is 11.8. The number of anilines is 1. The molecule has 5 fully saturated rings. The van der Waals surface area contributed by atoms with Gasteiger partial charge in [0, 0.05) is 50.0 Å². The largest absolute Gasteiger partial charge is 0.492 e. The van der Waals surface area contributed by atoms with Crippen LogP contribution in [0.15, 0.2) is 48.8 Å². The van der Waals surface area contributed by atoms with Crippen LogP contribution in [-0.4, -0.2) is 71.2 Å². The van der Waals surface area contributed by atoms with Crippen LogP contribution < -0.4 is 15.0 Å². The highest BCUT2D eigenvalue weighted by molar-refractivity contribution is 5.96. The number of pyridine rings is 1. The molecule has 3 heterocycles. The standard InChI is InChI=1S/C38H48N6O3/c1-5-47-32-18-30(22-39-23-32)28-15-29(17-31(16-28)37(2,3)4)36(46)44-10-8-43(9-11-44)34-7-6-33(41-42-34)35(45)40-24-38-19-25-12-26(20-38)14-27(13-25)21-38/h6-7,15-18,22-23,25-27H,5,8-14,19-21,24H2,1-4H3,(H,40,45). The van der Waals surface area contributed by atoms with E-state index in [0.29, 0.717) is 49.8 Å². The molecule has 2 amide bonds. The zero-order valence-electron chi connectivity index (χ0n) is 28.3. The van der Waals surface area contributed by atoms with Crippen LogP contribution in [-0.2, 0) is 5.41 Å². The second kappa shape index (κ2) is 12.5. The van der Waals surface area contributed by atoms with Crippen LogP contribution in [0.25, 0.3) is 11.1 Å². The van der Waals surface area contributed by atoms with E-state index in [1.807, 2.05) is 42.3 Å². The Balaban J connectivity index is 0.976. The third-order valence-electron chi connectivity index (χ3n) is 11.0. The lowest BCUT2D eigenvalue weighted by Gasteiger charge is -2.56. The molecular formula is C38H48N6O3. The van der Waals surface area contributed by atoms with Crippen molar-refractivity contribution >= 4 is 17.6 Å². The van der Waals surface area contributed by atoms with Gasteiger partial charge in [-0.15, -0.1) is 10.2 Å². The number of carbonyl (C=O) groups excluding carboxylic acids is 2. The SMILES string of the molecule is CCOc1cncc(-c2cc(C(=O)N3CCN(c4ccc(C(=O)NCC56CC7CC(CC(C7)C5)C6)nn4)CC3)cc(C(C)(C)C)c2)c1. The number of nitrogens with one attached hydrogen (secondary N) is 1. The zero-order chi connectivity index (χ0) is 32.8. The number of aromatic nitrogens is 3. The Bertz CT molecular complexity index is 1590. The van der Waals surface area contributed by atoms with Gasteiger partial charge >= 0.3 is 0 Å². The van der Waals surface area contributed by atoms with E-state index >= 15 is 0 Å². The summed E-state index contributed by atoms with van der Waals surface area (Å²) in [6.07, 6.45) is 11.5. The third kappa shape index (κ3) is 6.72. The number of ether oxygens (including phenoxy) is 1. The number of carbonyl (C=O) groups is 2. The molecule has 1 saturated heterocycles. The fourth-order valence-corrected chi connectivity index (χ4v) is 8.97. The minimum absolute atomic E-state index is 0.0167. The van der Waals surface area contributed by atoms with Crippen molar-refractivity contribution < 1.29 is 14.3 Å². The Kier molecular flexibility index (Phi) is 8.43. The predicted molar refractivity (Wildman–Crippen MR) is 183 cm³/mol. The molecule has 2 aromatic heterocycles. The first-order valence-corrected chi connectivity index (χ1v) is 17.5. The van der Waals surface area contributed by atoms with Gasteiger partial charge in [-0.2, -0.15) is 0 Å². The molecule has 4 saturated carbocycles. The molecule has 3 aromatic rings. The van der Waals surface area contributed by atoms with Crippen LogP contribution in [0.3, 0.4) is 0 Å². The van der Waals surface area contributed by atoms with E-state index in [4.69, 9.17) is 4.74 Å². The van der Waals surface area contributed by atoms with Gasteiger partial charge < -0.3 is 19.9 Å². The first kappa shape index (κ1) is 31.6. The second-order valence-electron chi connectivity index (χ2n) is 15.5. The summed E-state index contributed by atoms with van der Waals surface area (Å²) in [5, 5.41) is 12.0. The second-order valence-corrected chi connectivity index (χ2v) is 15.5. The number of hydrogen-bond donors (Lipinski definition) is 1. The van der Waals surface area contributed by atoms with Crippen molar-refractivity contribution in [1.29, 1.82) is 0 Å². The monoisotopic (exact) mass is 636 g/mol. The molecule has 0 spiro atoms. The van der Waals surface area contributed by atoms with Gasteiger partial charge in [0.15, 0.2) is 11.5 Å². The molecule has 0 radical (unpaired) electrons. The van der Waals surface area contributed by atoms with Crippen LogP contribution >= 0.6 is 0 Å². The van der Waals surface area contributed by atoms with Crippen molar-refractivity contribution in [3.8, 4) is 16.9 Å². The molecule has 1 aliphatic heterocycles. The van der Waals surface area contributed by atoms with Crippen molar-refractivity contribution in [2.75, 3.05) is 44.2 Å². The maximum absolute atomic E-state index is 13.9. The third-order valence-corrected chi connectivity index (χ3v) is 11.0. The molecule has 0 unspecified atom stereocenters.